The molecule has 0 aliphatic carbocycles. The lowest BCUT2D eigenvalue weighted by molar-refractivity contribution is -0.133. The molecule has 2 aromatic carbocycles. The van der Waals surface area contributed by atoms with Crippen LogP contribution in [0.1, 0.15) is 41.1 Å². The lowest BCUT2D eigenvalue weighted by Gasteiger charge is -2.29. The summed E-state index contributed by atoms with van der Waals surface area (Å²) in [5, 5.41) is 3.01. The minimum Gasteiger partial charge on any atom is -0.332 e. The first-order valence-corrected chi connectivity index (χ1v) is 12.7. The largest absolute Gasteiger partial charge is 0.332 e. The highest BCUT2D eigenvalue weighted by Crippen LogP contribution is 2.20. The predicted molar refractivity (Wildman–Crippen MR) is 141 cm³/mol. The number of nitrogens with one attached hydrogen (secondary N) is 1. The minimum atomic E-state index is -0.241. The molecule has 0 aliphatic rings. The van der Waals surface area contributed by atoms with E-state index in [0.29, 0.717) is 19.6 Å². The molecule has 180 valence electrons. The van der Waals surface area contributed by atoms with Gasteiger partial charge >= 0.3 is 6.03 Å². The first-order chi connectivity index (χ1) is 16.4. The zero-order valence-electron chi connectivity index (χ0n) is 20.6. The maximum absolute atomic E-state index is 13.6. The summed E-state index contributed by atoms with van der Waals surface area (Å²) in [7, 11) is 0. The summed E-state index contributed by atoms with van der Waals surface area (Å²) in [4.78, 5) is 32.7. The van der Waals surface area contributed by atoms with Gasteiger partial charge < -0.3 is 15.1 Å². The Hall–Kier alpha value is -3.12. The molecule has 3 amide bonds. The average molecular weight is 478 g/mol. The summed E-state index contributed by atoms with van der Waals surface area (Å²) in [6.45, 7) is 9.84. The molecule has 1 N–H and O–H groups in total. The van der Waals surface area contributed by atoms with Crippen molar-refractivity contribution >= 4 is 29.0 Å². The van der Waals surface area contributed by atoms with Crippen LogP contribution >= 0.6 is 11.3 Å². The van der Waals surface area contributed by atoms with E-state index < -0.39 is 0 Å². The van der Waals surface area contributed by atoms with Crippen LogP contribution in [0.15, 0.2) is 66.7 Å². The topological polar surface area (TPSA) is 52.7 Å². The summed E-state index contributed by atoms with van der Waals surface area (Å²) < 4.78 is 0. The number of amides is 3. The van der Waals surface area contributed by atoms with E-state index in [1.165, 1.54) is 4.88 Å². The molecule has 0 bridgehead atoms. The molecule has 0 radical (unpaired) electrons. The number of rotatable bonds is 10. The van der Waals surface area contributed by atoms with Crippen molar-refractivity contribution in [1.82, 2.24) is 9.80 Å². The second kappa shape index (κ2) is 12.4. The van der Waals surface area contributed by atoms with E-state index in [1.54, 1.807) is 16.2 Å². The molecule has 1 heterocycles. The van der Waals surface area contributed by atoms with Gasteiger partial charge in [-0.25, -0.2) is 4.79 Å². The third-order valence-corrected chi connectivity index (χ3v) is 6.93. The molecule has 1 atom stereocenters. The van der Waals surface area contributed by atoms with Crippen molar-refractivity contribution in [1.29, 1.82) is 0 Å². The summed E-state index contributed by atoms with van der Waals surface area (Å²) in [6, 6.07) is 21.6. The second-order valence-electron chi connectivity index (χ2n) is 8.89. The molecule has 6 heteroatoms. The number of hydrogen-bond donors (Lipinski definition) is 1. The summed E-state index contributed by atoms with van der Waals surface area (Å²) >= 11 is 1.70. The van der Waals surface area contributed by atoms with E-state index in [-0.39, 0.29) is 24.4 Å². The second-order valence-corrected chi connectivity index (χ2v) is 10.3. The number of nitrogens with zero attached hydrogens (tertiary/aromatic N) is 2. The van der Waals surface area contributed by atoms with Crippen molar-refractivity contribution in [2.24, 2.45) is 5.92 Å². The third-order valence-electron chi connectivity index (χ3n) is 5.94. The summed E-state index contributed by atoms with van der Waals surface area (Å²) in [5.41, 5.74) is 2.83. The molecule has 0 spiro atoms. The fourth-order valence-electron chi connectivity index (χ4n) is 3.69. The van der Waals surface area contributed by atoms with Crippen molar-refractivity contribution < 1.29 is 9.59 Å². The summed E-state index contributed by atoms with van der Waals surface area (Å²) in [6.07, 6.45) is 0.935. The summed E-state index contributed by atoms with van der Waals surface area (Å²) in [5.74, 6) is 0.232. The molecule has 34 heavy (non-hydrogen) atoms. The van der Waals surface area contributed by atoms with Crippen molar-refractivity contribution in [3.63, 3.8) is 0 Å². The lowest BCUT2D eigenvalue weighted by Crippen LogP contribution is -2.45. The fraction of sp³-hybridized carbons (Fsp3) is 0.357. The van der Waals surface area contributed by atoms with Crippen LogP contribution in [0.2, 0.25) is 0 Å². The highest BCUT2D eigenvalue weighted by atomic mass is 32.1. The zero-order chi connectivity index (χ0) is 24.5. The monoisotopic (exact) mass is 477 g/mol. The number of aryl methyl sites for hydroxylation is 2. The first kappa shape index (κ1) is 25.5. The molecular weight excluding hydrogens is 442 g/mol. The van der Waals surface area contributed by atoms with Gasteiger partial charge in [-0.3, -0.25) is 4.79 Å². The molecule has 5 nitrogen and oxygen atoms in total. The van der Waals surface area contributed by atoms with Crippen LogP contribution in [-0.2, 0) is 17.9 Å². The molecule has 0 saturated carbocycles. The van der Waals surface area contributed by atoms with Gasteiger partial charge in [-0.05, 0) is 49.1 Å². The van der Waals surface area contributed by atoms with E-state index in [4.69, 9.17) is 0 Å². The van der Waals surface area contributed by atoms with Gasteiger partial charge in [0.25, 0.3) is 0 Å². The van der Waals surface area contributed by atoms with Crippen molar-refractivity contribution in [2.45, 2.75) is 47.2 Å². The Morgan fingerprint density at radius 3 is 2.26 bits per heavy atom. The van der Waals surface area contributed by atoms with Crippen molar-refractivity contribution in [2.75, 3.05) is 18.4 Å². The Balaban J connectivity index is 1.79. The van der Waals surface area contributed by atoms with Gasteiger partial charge in [-0.15, -0.1) is 11.3 Å². The van der Waals surface area contributed by atoms with Gasteiger partial charge in [-0.2, -0.15) is 0 Å². The van der Waals surface area contributed by atoms with Gasteiger partial charge in [-0.1, -0.05) is 68.8 Å². The number of thiophene rings is 1. The molecule has 1 aromatic heterocycles. The fourth-order valence-corrected chi connectivity index (χ4v) is 4.60. The van der Waals surface area contributed by atoms with Crippen LogP contribution in [0.3, 0.4) is 0 Å². The molecule has 3 rings (SSSR count). The average Bonchev–Trinajstić information content (AvgIpc) is 3.24. The molecule has 3 aromatic rings. The van der Waals surface area contributed by atoms with Crippen LogP contribution < -0.4 is 5.32 Å². The van der Waals surface area contributed by atoms with E-state index >= 15 is 0 Å². The number of anilines is 1. The van der Waals surface area contributed by atoms with Gasteiger partial charge in [0.15, 0.2) is 0 Å². The van der Waals surface area contributed by atoms with E-state index in [0.717, 1.165) is 28.1 Å². The SMILES string of the molecule is CCC(C)CN(CC(=O)N(Cc1ccccc1)Cc1ccc(C)s1)C(=O)Nc1ccccc1C. The Kier molecular flexibility index (Phi) is 9.28. The van der Waals surface area contributed by atoms with Crippen LogP contribution in [-0.4, -0.2) is 34.8 Å². The van der Waals surface area contributed by atoms with E-state index in [2.05, 4.69) is 38.2 Å². The Bertz CT molecular complexity index is 1080. The number of carbonyl (C=O) groups is 2. The number of carbonyl (C=O) groups excluding carboxylic acids is 2. The van der Waals surface area contributed by atoms with Crippen molar-refractivity contribution in [3.05, 3.63) is 87.6 Å². The molecule has 1 unspecified atom stereocenters. The molecule has 0 aliphatic heterocycles. The number of urea groups is 1. The number of para-hydroxylation sites is 1. The Morgan fingerprint density at radius 1 is 0.912 bits per heavy atom. The Morgan fingerprint density at radius 2 is 1.62 bits per heavy atom. The maximum Gasteiger partial charge on any atom is 0.322 e. The highest BCUT2D eigenvalue weighted by Gasteiger charge is 2.24. The molecule has 0 saturated heterocycles. The first-order valence-electron chi connectivity index (χ1n) is 11.8. The van der Waals surface area contributed by atoms with Crippen molar-refractivity contribution in [3.8, 4) is 0 Å². The predicted octanol–water partition coefficient (Wildman–Crippen LogP) is 6.47. The molecule has 0 fully saturated rings. The lowest BCUT2D eigenvalue weighted by atomic mass is 10.1. The molecular formula is C28H35N3O2S. The normalized spacial score (nSPS) is 11.6. The quantitative estimate of drug-likeness (QED) is 0.364. The van der Waals surface area contributed by atoms with E-state index in [9.17, 15) is 9.59 Å². The Labute approximate surface area is 207 Å². The maximum atomic E-state index is 13.6. The van der Waals surface area contributed by atoms with Crippen LogP contribution in [0, 0.1) is 19.8 Å². The third kappa shape index (κ3) is 7.45. The number of benzene rings is 2. The standard InChI is InChI=1S/C28H35N3O2S/c1-5-21(2)17-31(28(33)29-26-14-10-9-11-22(26)3)20-27(32)30(18-24-12-7-6-8-13-24)19-25-16-15-23(4)34-25/h6-16,21H,5,17-20H2,1-4H3,(H,29,33). The van der Waals surface area contributed by atoms with Gasteiger partial charge in [0.1, 0.15) is 6.54 Å². The zero-order valence-corrected chi connectivity index (χ0v) is 21.4. The van der Waals surface area contributed by atoms with Gasteiger partial charge in [0.2, 0.25) is 5.91 Å². The van der Waals surface area contributed by atoms with Crippen LogP contribution in [0.5, 0.6) is 0 Å². The van der Waals surface area contributed by atoms with Crippen LogP contribution in [0.25, 0.3) is 0 Å². The highest BCUT2D eigenvalue weighted by molar-refractivity contribution is 7.11. The smallest absolute Gasteiger partial charge is 0.322 e. The van der Waals surface area contributed by atoms with Gasteiger partial charge in [0, 0.05) is 28.5 Å². The van der Waals surface area contributed by atoms with E-state index in [1.807, 2.05) is 66.4 Å². The number of hydrogen-bond acceptors (Lipinski definition) is 3. The minimum absolute atomic E-state index is 0.0409. The van der Waals surface area contributed by atoms with Crippen LogP contribution in [0.4, 0.5) is 10.5 Å². The van der Waals surface area contributed by atoms with Gasteiger partial charge in [0.05, 0.1) is 6.54 Å².